The zero-order chi connectivity index (χ0) is 17.0. The fourth-order valence-corrected chi connectivity index (χ4v) is 3.87. The van der Waals surface area contributed by atoms with Gasteiger partial charge < -0.3 is 9.47 Å². The molecule has 2 heterocycles. The molecule has 0 atom stereocenters. The highest BCUT2D eigenvalue weighted by Crippen LogP contribution is 2.39. The van der Waals surface area contributed by atoms with Crippen LogP contribution in [0.1, 0.15) is 11.3 Å². The third-order valence-electron chi connectivity index (χ3n) is 2.68. The predicted octanol–water partition coefficient (Wildman–Crippen LogP) is 3.87. The topological polar surface area (TPSA) is 49.2 Å². The predicted molar refractivity (Wildman–Crippen MR) is 82.3 cm³/mol. The maximum Gasteiger partial charge on any atom is 0.435 e. The molecule has 0 aliphatic rings. The molecule has 2 aromatic rings. The van der Waals surface area contributed by atoms with E-state index >= 15 is 0 Å². The minimum atomic E-state index is -4.56. The molecule has 0 spiro atoms. The standard InChI is InChI=1S/C12H13ClF3N3O2S2/c1-19-10(21-4-3-20-2)7(9(18-19)12(14,15)16)6-22-11-17-5-8(13)23-11/h5H,3-4,6H2,1-2H3. The minimum absolute atomic E-state index is 0.0209. The molecule has 5 nitrogen and oxygen atoms in total. The molecule has 0 amide bonds. The Morgan fingerprint density at radius 3 is 2.70 bits per heavy atom. The Kier molecular flexibility index (Phi) is 6.18. The molecule has 0 aliphatic heterocycles. The molecular formula is C12H13ClF3N3O2S2. The van der Waals surface area contributed by atoms with Gasteiger partial charge in [0.05, 0.1) is 18.4 Å². The number of nitrogens with zero attached hydrogens (tertiary/aromatic N) is 3. The van der Waals surface area contributed by atoms with E-state index in [2.05, 4.69) is 10.1 Å². The molecule has 23 heavy (non-hydrogen) atoms. The van der Waals surface area contributed by atoms with Gasteiger partial charge in [-0.15, -0.1) is 0 Å². The van der Waals surface area contributed by atoms with Crippen molar-refractivity contribution in [3.8, 4) is 5.88 Å². The van der Waals surface area contributed by atoms with Gasteiger partial charge in [0.25, 0.3) is 0 Å². The van der Waals surface area contributed by atoms with E-state index in [0.717, 1.165) is 16.4 Å². The van der Waals surface area contributed by atoms with Crippen molar-refractivity contribution in [2.24, 2.45) is 7.05 Å². The first-order chi connectivity index (χ1) is 10.8. The van der Waals surface area contributed by atoms with Crippen LogP contribution in [0.15, 0.2) is 10.5 Å². The number of hydrogen-bond donors (Lipinski definition) is 0. The summed E-state index contributed by atoms with van der Waals surface area (Å²) in [6.45, 7) is 0.398. The van der Waals surface area contributed by atoms with Crippen molar-refractivity contribution in [3.63, 3.8) is 0 Å². The zero-order valence-corrected chi connectivity index (χ0v) is 14.6. The van der Waals surface area contributed by atoms with Gasteiger partial charge in [-0.3, -0.25) is 0 Å². The zero-order valence-electron chi connectivity index (χ0n) is 12.2. The number of hydrogen-bond acceptors (Lipinski definition) is 6. The summed E-state index contributed by atoms with van der Waals surface area (Å²) < 4.78 is 51.9. The lowest BCUT2D eigenvalue weighted by Crippen LogP contribution is -2.09. The average molecular weight is 388 g/mol. The summed E-state index contributed by atoms with van der Waals surface area (Å²) in [7, 11) is 2.89. The molecule has 11 heteroatoms. The average Bonchev–Trinajstić information content (AvgIpc) is 3.01. The molecule has 0 bridgehead atoms. The molecule has 0 saturated heterocycles. The summed E-state index contributed by atoms with van der Waals surface area (Å²) in [6, 6.07) is 0. The molecule has 0 aliphatic carbocycles. The highest BCUT2D eigenvalue weighted by Gasteiger charge is 2.39. The van der Waals surface area contributed by atoms with Gasteiger partial charge in [-0.2, -0.15) is 18.3 Å². The largest absolute Gasteiger partial charge is 0.475 e. The maximum atomic E-state index is 13.2. The van der Waals surface area contributed by atoms with Crippen LogP contribution in [0.4, 0.5) is 13.2 Å². The first kappa shape index (κ1) is 18.4. The van der Waals surface area contributed by atoms with Crippen molar-refractivity contribution < 1.29 is 22.6 Å². The van der Waals surface area contributed by atoms with Crippen LogP contribution in [-0.4, -0.2) is 35.1 Å². The van der Waals surface area contributed by atoms with E-state index in [1.807, 2.05) is 0 Å². The Morgan fingerprint density at radius 2 is 2.13 bits per heavy atom. The summed E-state index contributed by atoms with van der Waals surface area (Å²) in [5.41, 5.74) is -0.977. The van der Waals surface area contributed by atoms with Crippen molar-refractivity contribution in [2.75, 3.05) is 20.3 Å². The number of ether oxygens (including phenoxy) is 2. The Balaban J connectivity index is 2.24. The number of aromatic nitrogens is 3. The van der Waals surface area contributed by atoms with E-state index in [9.17, 15) is 13.2 Å². The summed E-state index contributed by atoms with van der Waals surface area (Å²) in [4.78, 5) is 4.01. The van der Waals surface area contributed by atoms with E-state index in [0.29, 0.717) is 8.68 Å². The number of alkyl halides is 3. The van der Waals surface area contributed by atoms with Gasteiger partial charge in [0.1, 0.15) is 10.9 Å². The number of thiazole rings is 1. The molecule has 0 unspecified atom stereocenters. The van der Waals surface area contributed by atoms with E-state index in [1.54, 1.807) is 0 Å². The number of aryl methyl sites for hydroxylation is 1. The van der Waals surface area contributed by atoms with E-state index < -0.39 is 11.9 Å². The Labute approximate surface area is 143 Å². The van der Waals surface area contributed by atoms with E-state index in [1.165, 1.54) is 31.7 Å². The highest BCUT2D eigenvalue weighted by molar-refractivity contribution is 8.00. The second-order valence-electron chi connectivity index (χ2n) is 4.31. The third kappa shape index (κ3) is 4.75. The molecule has 2 aromatic heterocycles. The number of halogens is 4. The van der Waals surface area contributed by atoms with E-state index in [4.69, 9.17) is 21.1 Å². The lowest BCUT2D eigenvalue weighted by atomic mass is 10.2. The van der Waals surface area contributed by atoms with Crippen LogP contribution in [0, 0.1) is 0 Å². The Morgan fingerprint density at radius 1 is 1.39 bits per heavy atom. The number of methoxy groups -OCH3 is 1. The summed E-state index contributed by atoms with van der Waals surface area (Å²) >= 11 is 8.13. The van der Waals surface area contributed by atoms with Crippen molar-refractivity contribution in [1.29, 1.82) is 0 Å². The molecule has 0 fully saturated rings. The van der Waals surface area contributed by atoms with Crippen LogP contribution in [0.2, 0.25) is 4.34 Å². The quantitative estimate of drug-likeness (QED) is 0.533. The fraction of sp³-hybridized carbons (Fsp3) is 0.500. The first-order valence-electron chi connectivity index (χ1n) is 6.32. The van der Waals surface area contributed by atoms with Gasteiger partial charge in [0.15, 0.2) is 10.0 Å². The molecule has 0 N–H and O–H groups in total. The van der Waals surface area contributed by atoms with Crippen LogP contribution in [0.3, 0.4) is 0 Å². The molecule has 2 rings (SSSR count). The van der Waals surface area contributed by atoms with Crippen molar-refractivity contribution in [1.82, 2.24) is 14.8 Å². The SMILES string of the molecule is COCCOc1c(CSc2ncc(Cl)s2)c(C(F)(F)F)nn1C. The van der Waals surface area contributed by atoms with Gasteiger partial charge in [0, 0.05) is 19.9 Å². The van der Waals surface area contributed by atoms with Gasteiger partial charge in [-0.25, -0.2) is 9.67 Å². The number of rotatable bonds is 7. The van der Waals surface area contributed by atoms with Crippen LogP contribution in [0.25, 0.3) is 0 Å². The second-order valence-corrected chi connectivity index (χ2v) is 7.20. The second kappa shape index (κ2) is 7.73. The summed E-state index contributed by atoms with van der Waals surface area (Å²) in [5, 5.41) is 3.55. The normalized spacial score (nSPS) is 11.9. The van der Waals surface area contributed by atoms with Gasteiger partial charge in [-0.1, -0.05) is 34.7 Å². The summed E-state index contributed by atoms with van der Waals surface area (Å²) in [5.74, 6) is 0.0963. The lowest BCUT2D eigenvalue weighted by Gasteiger charge is -2.09. The smallest absolute Gasteiger partial charge is 0.435 e. The van der Waals surface area contributed by atoms with Gasteiger partial charge in [-0.05, 0) is 0 Å². The Hall–Kier alpha value is -0.970. The molecule has 128 valence electrons. The Bertz CT molecular complexity index is 661. The number of thioether (sulfide) groups is 1. The fourth-order valence-electron chi connectivity index (χ4n) is 1.75. The molecular weight excluding hydrogens is 375 g/mol. The van der Waals surface area contributed by atoms with Crippen LogP contribution >= 0.6 is 34.7 Å². The van der Waals surface area contributed by atoms with Crippen molar-refractivity contribution in [3.05, 3.63) is 21.8 Å². The van der Waals surface area contributed by atoms with Crippen molar-refractivity contribution >= 4 is 34.7 Å². The maximum absolute atomic E-state index is 13.2. The molecule has 0 radical (unpaired) electrons. The van der Waals surface area contributed by atoms with Gasteiger partial charge >= 0.3 is 6.18 Å². The van der Waals surface area contributed by atoms with Crippen LogP contribution < -0.4 is 4.74 Å². The van der Waals surface area contributed by atoms with Gasteiger partial charge in [0.2, 0.25) is 5.88 Å². The first-order valence-corrected chi connectivity index (χ1v) is 8.50. The summed E-state index contributed by atoms with van der Waals surface area (Å²) in [6.07, 6.45) is -3.10. The van der Waals surface area contributed by atoms with Crippen LogP contribution in [0.5, 0.6) is 5.88 Å². The molecule has 0 aromatic carbocycles. The lowest BCUT2D eigenvalue weighted by molar-refractivity contribution is -0.141. The molecule has 0 saturated carbocycles. The highest BCUT2D eigenvalue weighted by atomic mass is 35.5. The third-order valence-corrected chi connectivity index (χ3v) is 4.98. The monoisotopic (exact) mass is 387 g/mol. The van der Waals surface area contributed by atoms with Crippen molar-refractivity contribution in [2.45, 2.75) is 16.3 Å². The van der Waals surface area contributed by atoms with E-state index in [-0.39, 0.29) is 30.4 Å². The van der Waals surface area contributed by atoms with Crippen LogP contribution in [-0.2, 0) is 23.7 Å². The minimum Gasteiger partial charge on any atom is -0.475 e.